The van der Waals surface area contributed by atoms with E-state index in [0.29, 0.717) is 6.54 Å². The topological polar surface area (TPSA) is 50.7 Å². The van der Waals surface area contributed by atoms with Crippen LogP contribution in [0.15, 0.2) is 30.7 Å². The summed E-state index contributed by atoms with van der Waals surface area (Å²) in [4.78, 5) is 12.9. The molecule has 0 bridgehead atoms. The minimum atomic E-state index is 0.133. The van der Waals surface area contributed by atoms with Gasteiger partial charge in [0.05, 0.1) is 24.1 Å². The van der Waals surface area contributed by atoms with Crippen molar-refractivity contribution in [3.05, 3.63) is 47.7 Å². The van der Waals surface area contributed by atoms with Crippen LogP contribution in [-0.4, -0.2) is 15.0 Å². The molecule has 0 aliphatic rings. The van der Waals surface area contributed by atoms with E-state index in [4.69, 9.17) is 0 Å². The summed E-state index contributed by atoms with van der Waals surface area (Å²) in [5, 5.41) is 3.25. The number of anilines is 1. The molecule has 0 fully saturated rings. The van der Waals surface area contributed by atoms with E-state index in [0.717, 1.165) is 17.2 Å². The van der Waals surface area contributed by atoms with E-state index in [1.165, 1.54) is 5.56 Å². The van der Waals surface area contributed by atoms with E-state index < -0.39 is 0 Å². The van der Waals surface area contributed by atoms with E-state index in [2.05, 4.69) is 47.1 Å². The van der Waals surface area contributed by atoms with E-state index in [-0.39, 0.29) is 5.41 Å². The van der Waals surface area contributed by atoms with Crippen molar-refractivity contribution in [2.75, 3.05) is 5.32 Å². The van der Waals surface area contributed by atoms with Gasteiger partial charge in [-0.05, 0) is 24.0 Å². The third-order valence-electron chi connectivity index (χ3n) is 2.91. The van der Waals surface area contributed by atoms with E-state index in [1.54, 1.807) is 12.4 Å². The number of nitrogens with one attached hydrogen (secondary N) is 1. The Bertz CT molecular complexity index is 524. The van der Waals surface area contributed by atoms with Gasteiger partial charge in [0.15, 0.2) is 0 Å². The summed E-state index contributed by atoms with van der Waals surface area (Å²) in [7, 11) is 0. The second-order valence-corrected chi connectivity index (χ2v) is 5.68. The Morgan fingerprint density at radius 3 is 2.32 bits per heavy atom. The van der Waals surface area contributed by atoms with Crippen molar-refractivity contribution >= 4 is 5.82 Å². The maximum Gasteiger partial charge on any atom is 0.126 e. The lowest BCUT2D eigenvalue weighted by Gasteiger charge is -2.18. The molecule has 0 saturated carbocycles. The van der Waals surface area contributed by atoms with Crippen LogP contribution in [0.2, 0.25) is 0 Å². The minimum absolute atomic E-state index is 0.133. The average molecular weight is 256 g/mol. The highest BCUT2D eigenvalue weighted by Crippen LogP contribution is 2.21. The summed E-state index contributed by atoms with van der Waals surface area (Å²) in [6, 6.07) is 4.11. The summed E-state index contributed by atoms with van der Waals surface area (Å²) in [6.45, 7) is 9.10. The largest absolute Gasteiger partial charge is 0.364 e. The van der Waals surface area contributed by atoms with Gasteiger partial charge in [0.2, 0.25) is 0 Å². The molecule has 2 heterocycles. The van der Waals surface area contributed by atoms with Gasteiger partial charge in [-0.2, -0.15) is 0 Å². The third kappa shape index (κ3) is 3.74. The fourth-order valence-electron chi connectivity index (χ4n) is 1.63. The second kappa shape index (κ2) is 5.34. The fourth-order valence-corrected chi connectivity index (χ4v) is 1.63. The molecule has 0 aromatic carbocycles. The summed E-state index contributed by atoms with van der Waals surface area (Å²) in [6.07, 6.45) is 5.47. The number of nitrogens with zero attached hydrogens (tertiary/aromatic N) is 3. The number of aryl methyl sites for hydroxylation is 1. The highest BCUT2D eigenvalue weighted by Gasteiger charge is 2.13. The molecule has 0 saturated heterocycles. The molecule has 100 valence electrons. The van der Waals surface area contributed by atoms with Crippen molar-refractivity contribution in [3.8, 4) is 0 Å². The zero-order chi connectivity index (χ0) is 13.9. The first-order chi connectivity index (χ1) is 8.95. The third-order valence-corrected chi connectivity index (χ3v) is 2.91. The molecule has 2 aromatic heterocycles. The van der Waals surface area contributed by atoms with E-state index in [9.17, 15) is 0 Å². The van der Waals surface area contributed by atoms with Gasteiger partial charge in [-0.1, -0.05) is 26.8 Å². The Kier molecular flexibility index (Phi) is 3.79. The highest BCUT2D eigenvalue weighted by atomic mass is 15.0. The van der Waals surface area contributed by atoms with Gasteiger partial charge in [0.1, 0.15) is 5.82 Å². The summed E-state index contributed by atoms with van der Waals surface area (Å²) < 4.78 is 0. The molecule has 0 radical (unpaired) electrons. The average Bonchev–Trinajstić information content (AvgIpc) is 2.37. The van der Waals surface area contributed by atoms with Crippen molar-refractivity contribution < 1.29 is 0 Å². The predicted molar refractivity (Wildman–Crippen MR) is 77.0 cm³/mol. The van der Waals surface area contributed by atoms with Gasteiger partial charge in [0, 0.05) is 12.4 Å². The first-order valence-corrected chi connectivity index (χ1v) is 6.43. The molecule has 0 amide bonds. The van der Waals surface area contributed by atoms with Crippen molar-refractivity contribution in [2.45, 2.75) is 39.7 Å². The summed E-state index contributed by atoms with van der Waals surface area (Å²) >= 11 is 0. The maximum atomic E-state index is 4.42. The Hall–Kier alpha value is -1.97. The molecule has 4 nitrogen and oxygen atoms in total. The van der Waals surface area contributed by atoms with Crippen LogP contribution in [0.4, 0.5) is 5.82 Å². The lowest BCUT2D eigenvalue weighted by molar-refractivity contribution is 0.587. The quantitative estimate of drug-likeness (QED) is 0.916. The zero-order valence-corrected chi connectivity index (χ0v) is 11.9. The van der Waals surface area contributed by atoms with Crippen molar-refractivity contribution in [1.82, 2.24) is 15.0 Å². The van der Waals surface area contributed by atoms with Gasteiger partial charge < -0.3 is 5.32 Å². The SMILES string of the molecule is Cc1cnc(CNc2ccc(C(C)(C)C)cn2)cn1. The molecular formula is C15H20N4. The normalized spacial score (nSPS) is 11.4. The molecule has 0 unspecified atom stereocenters. The highest BCUT2D eigenvalue weighted by molar-refractivity contribution is 5.37. The molecule has 0 aliphatic carbocycles. The Morgan fingerprint density at radius 2 is 1.79 bits per heavy atom. The number of hydrogen-bond donors (Lipinski definition) is 1. The van der Waals surface area contributed by atoms with Crippen LogP contribution in [0.3, 0.4) is 0 Å². The van der Waals surface area contributed by atoms with Crippen LogP contribution in [0.25, 0.3) is 0 Å². The van der Waals surface area contributed by atoms with Gasteiger partial charge in [-0.3, -0.25) is 9.97 Å². The molecule has 1 N–H and O–H groups in total. The molecule has 19 heavy (non-hydrogen) atoms. The van der Waals surface area contributed by atoms with Crippen molar-refractivity contribution in [1.29, 1.82) is 0 Å². The second-order valence-electron chi connectivity index (χ2n) is 5.68. The Morgan fingerprint density at radius 1 is 1.00 bits per heavy atom. The predicted octanol–water partition coefficient (Wildman–Crippen LogP) is 3.09. The molecule has 0 spiro atoms. The first kappa shape index (κ1) is 13.5. The number of rotatable bonds is 3. The molecule has 0 aliphatic heterocycles. The minimum Gasteiger partial charge on any atom is -0.364 e. The van der Waals surface area contributed by atoms with E-state index in [1.807, 2.05) is 19.2 Å². The maximum absolute atomic E-state index is 4.42. The van der Waals surface area contributed by atoms with Gasteiger partial charge >= 0.3 is 0 Å². The number of pyridine rings is 1. The molecular weight excluding hydrogens is 236 g/mol. The monoisotopic (exact) mass is 256 g/mol. The first-order valence-electron chi connectivity index (χ1n) is 6.43. The smallest absolute Gasteiger partial charge is 0.126 e. The molecule has 4 heteroatoms. The van der Waals surface area contributed by atoms with Crippen molar-refractivity contribution in [3.63, 3.8) is 0 Å². The fraction of sp³-hybridized carbons (Fsp3) is 0.400. The van der Waals surface area contributed by atoms with Crippen LogP contribution < -0.4 is 5.32 Å². The number of aromatic nitrogens is 3. The van der Waals surface area contributed by atoms with Crippen LogP contribution in [0, 0.1) is 6.92 Å². The lowest BCUT2D eigenvalue weighted by atomic mass is 9.88. The molecule has 2 aromatic rings. The van der Waals surface area contributed by atoms with Gasteiger partial charge in [-0.25, -0.2) is 4.98 Å². The van der Waals surface area contributed by atoms with Crippen LogP contribution in [0.1, 0.15) is 37.7 Å². The Balaban J connectivity index is 1.98. The zero-order valence-electron chi connectivity index (χ0n) is 11.9. The van der Waals surface area contributed by atoms with Crippen LogP contribution in [-0.2, 0) is 12.0 Å². The van der Waals surface area contributed by atoms with Crippen LogP contribution in [0.5, 0.6) is 0 Å². The standard InChI is InChI=1S/C15H20N4/c1-11-7-17-13(9-16-11)10-19-14-6-5-12(8-18-14)15(2,3)4/h5-9H,10H2,1-4H3,(H,18,19). The molecule has 0 atom stereocenters. The molecule has 2 rings (SSSR count). The van der Waals surface area contributed by atoms with Crippen molar-refractivity contribution in [2.24, 2.45) is 0 Å². The summed E-state index contributed by atoms with van der Waals surface area (Å²) in [5.74, 6) is 0.857. The van der Waals surface area contributed by atoms with Gasteiger partial charge in [0.25, 0.3) is 0 Å². The number of hydrogen-bond acceptors (Lipinski definition) is 4. The van der Waals surface area contributed by atoms with E-state index >= 15 is 0 Å². The lowest BCUT2D eigenvalue weighted by Crippen LogP contribution is -2.12. The van der Waals surface area contributed by atoms with Crippen LogP contribution >= 0.6 is 0 Å². The Labute approximate surface area is 114 Å². The van der Waals surface area contributed by atoms with Gasteiger partial charge in [-0.15, -0.1) is 0 Å². The summed E-state index contributed by atoms with van der Waals surface area (Å²) in [5.41, 5.74) is 3.20.